The summed E-state index contributed by atoms with van der Waals surface area (Å²) in [5.41, 5.74) is -1.43. The Balaban J connectivity index is 1.79. The van der Waals surface area contributed by atoms with Crippen molar-refractivity contribution in [1.29, 1.82) is 0 Å². The van der Waals surface area contributed by atoms with Crippen LogP contribution in [0.25, 0.3) is 5.70 Å². The number of hydrogen-bond donors (Lipinski definition) is 2. The van der Waals surface area contributed by atoms with Gasteiger partial charge in [0.05, 0.1) is 5.69 Å². The topological polar surface area (TPSA) is 59.1 Å². The summed E-state index contributed by atoms with van der Waals surface area (Å²) in [6, 6.07) is 3.72. The van der Waals surface area contributed by atoms with E-state index in [1.807, 2.05) is 0 Å². The number of ether oxygens (including phenoxy) is 1. The third kappa shape index (κ3) is 5.57. The molecule has 0 amide bonds. The van der Waals surface area contributed by atoms with Crippen molar-refractivity contribution in [2.75, 3.05) is 25.1 Å². The van der Waals surface area contributed by atoms with Crippen molar-refractivity contribution in [3.63, 3.8) is 0 Å². The van der Waals surface area contributed by atoms with Crippen LogP contribution < -0.4 is 10.6 Å². The lowest BCUT2D eigenvalue weighted by molar-refractivity contribution is -0.141. The van der Waals surface area contributed by atoms with Gasteiger partial charge in [0.2, 0.25) is 5.95 Å². The largest absolute Gasteiger partial charge is 0.434 e. The molecule has 0 aliphatic carbocycles. The maximum Gasteiger partial charge on any atom is 0.434 e. The molecule has 1 aromatic carbocycles. The average Bonchev–Trinajstić information content (AvgIpc) is 2.68. The lowest BCUT2D eigenvalue weighted by atomic mass is 10.00. The Morgan fingerprint density at radius 2 is 2.00 bits per heavy atom. The van der Waals surface area contributed by atoms with Gasteiger partial charge in [0, 0.05) is 42.2 Å². The minimum Gasteiger partial charge on any atom is -0.385 e. The van der Waals surface area contributed by atoms with Crippen LogP contribution in [-0.4, -0.2) is 29.7 Å². The molecule has 5 nitrogen and oxygen atoms in total. The smallest absolute Gasteiger partial charge is 0.385 e. The second-order valence-electron chi connectivity index (χ2n) is 6.62. The summed E-state index contributed by atoms with van der Waals surface area (Å²) in [4.78, 5) is 7.44. The van der Waals surface area contributed by atoms with Crippen molar-refractivity contribution in [3.8, 4) is 0 Å². The van der Waals surface area contributed by atoms with E-state index in [4.69, 9.17) is 16.3 Å². The van der Waals surface area contributed by atoms with Gasteiger partial charge in [-0.15, -0.1) is 0 Å². The van der Waals surface area contributed by atoms with E-state index in [2.05, 4.69) is 27.2 Å². The Labute approximate surface area is 170 Å². The number of halogens is 5. The summed E-state index contributed by atoms with van der Waals surface area (Å²) in [6.45, 7) is 5.46. The van der Waals surface area contributed by atoms with Crippen molar-refractivity contribution in [2.45, 2.75) is 19.0 Å². The number of nitrogens with one attached hydrogen (secondary N) is 2. The van der Waals surface area contributed by atoms with Gasteiger partial charge in [-0.3, -0.25) is 0 Å². The van der Waals surface area contributed by atoms with Crippen LogP contribution in [0.3, 0.4) is 0 Å². The summed E-state index contributed by atoms with van der Waals surface area (Å²) < 4.78 is 59.8. The van der Waals surface area contributed by atoms with E-state index in [0.29, 0.717) is 25.7 Å². The van der Waals surface area contributed by atoms with Crippen molar-refractivity contribution in [2.24, 2.45) is 5.92 Å². The fourth-order valence-corrected chi connectivity index (χ4v) is 3.06. The molecular weight excluding hydrogens is 412 g/mol. The zero-order chi connectivity index (χ0) is 21.0. The van der Waals surface area contributed by atoms with Crippen LogP contribution >= 0.6 is 11.6 Å². The molecule has 1 aliphatic heterocycles. The van der Waals surface area contributed by atoms with E-state index in [1.165, 1.54) is 12.1 Å². The molecule has 0 saturated carbocycles. The molecule has 1 saturated heterocycles. The Hall–Kier alpha value is -2.39. The molecule has 2 aromatic rings. The number of nitrogens with zero attached hydrogens (tertiary/aromatic N) is 2. The van der Waals surface area contributed by atoms with Gasteiger partial charge in [0.1, 0.15) is 5.82 Å². The highest BCUT2D eigenvalue weighted by Crippen LogP contribution is 2.33. The fourth-order valence-electron chi connectivity index (χ4n) is 2.90. The Morgan fingerprint density at radius 3 is 2.66 bits per heavy atom. The van der Waals surface area contributed by atoms with Gasteiger partial charge in [-0.25, -0.2) is 14.4 Å². The maximum absolute atomic E-state index is 13.9. The molecule has 0 bridgehead atoms. The summed E-state index contributed by atoms with van der Waals surface area (Å²) in [7, 11) is 0. The highest BCUT2D eigenvalue weighted by Gasteiger charge is 2.37. The second-order valence-corrected chi connectivity index (χ2v) is 7.05. The van der Waals surface area contributed by atoms with Crippen LogP contribution in [0, 0.1) is 11.7 Å². The maximum atomic E-state index is 13.9. The molecule has 2 N–H and O–H groups in total. The molecule has 10 heteroatoms. The van der Waals surface area contributed by atoms with E-state index < -0.39 is 17.7 Å². The quantitative estimate of drug-likeness (QED) is 0.630. The molecule has 29 heavy (non-hydrogen) atoms. The van der Waals surface area contributed by atoms with E-state index in [-0.39, 0.29) is 27.9 Å². The molecular formula is C19H19ClF4N4O. The Morgan fingerprint density at radius 1 is 1.28 bits per heavy atom. The first-order valence-electron chi connectivity index (χ1n) is 8.91. The monoisotopic (exact) mass is 430 g/mol. The third-order valence-electron chi connectivity index (χ3n) is 4.50. The van der Waals surface area contributed by atoms with Crippen LogP contribution in [0.15, 0.2) is 31.0 Å². The van der Waals surface area contributed by atoms with E-state index in [9.17, 15) is 17.6 Å². The molecule has 1 aromatic heterocycles. The number of rotatable bonds is 6. The number of anilines is 2. The highest BCUT2D eigenvalue weighted by molar-refractivity contribution is 6.30. The lowest BCUT2D eigenvalue weighted by Crippen LogP contribution is -2.27. The van der Waals surface area contributed by atoms with E-state index in [1.54, 1.807) is 0 Å². The molecule has 156 valence electrons. The normalized spacial score (nSPS) is 15.2. The summed E-state index contributed by atoms with van der Waals surface area (Å²) in [6.07, 6.45) is -2.06. The zero-order valence-electron chi connectivity index (χ0n) is 15.3. The molecule has 0 spiro atoms. The van der Waals surface area contributed by atoms with Crippen molar-refractivity contribution < 1.29 is 22.3 Å². The molecule has 1 aliphatic rings. The Bertz CT molecular complexity index is 885. The van der Waals surface area contributed by atoms with Gasteiger partial charge in [-0.05, 0) is 37.0 Å². The summed E-state index contributed by atoms with van der Waals surface area (Å²) in [5.74, 6) is -0.828. The first-order valence-corrected chi connectivity index (χ1v) is 9.29. The van der Waals surface area contributed by atoms with Crippen molar-refractivity contribution in [1.82, 2.24) is 15.3 Å². The average molecular weight is 431 g/mol. The van der Waals surface area contributed by atoms with E-state index in [0.717, 1.165) is 25.1 Å². The van der Waals surface area contributed by atoms with Gasteiger partial charge in [0.25, 0.3) is 0 Å². The second kappa shape index (κ2) is 8.96. The predicted octanol–water partition coefficient (Wildman–Crippen LogP) is 5.02. The SMILES string of the molecule is C=C(NCC1CCOCC1)c1cnc(Nc2ccc(Cl)cc2F)nc1C(F)(F)F. The minimum atomic E-state index is -4.74. The van der Waals surface area contributed by atoms with Crippen molar-refractivity contribution in [3.05, 3.63) is 53.1 Å². The van der Waals surface area contributed by atoms with E-state index >= 15 is 0 Å². The van der Waals surface area contributed by atoms with Crippen LogP contribution in [0.1, 0.15) is 24.1 Å². The molecule has 3 rings (SSSR count). The van der Waals surface area contributed by atoms with Gasteiger partial charge < -0.3 is 15.4 Å². The summed E-state index contributed by atoms with van der Waals surface area (Å²) >= 11 is 5.67. The fraction of sp³-hybridized carbons (Fsp3) is 0.368. The van der Waals surface area contributed by atoms with Crippen LogP contribution in [0.5, 0.6) is 0 Å². The summed E-state index contributed by atoms with van der Waals surface area (Å²) in [5, 5.41) is 5.54. The van der Waals surface area contributed by atoms with Gasteiger partial charge in [-0.1, -0.05) is 18.2 Å². The number of aromatic nitrogens is 2. The van der Waals surface area contributed by atoms with Crippen LogP contribution in [-0.2, 0) is 10.9 Å². The zero-order valence-corrected chi connectivity index (χ0v) is 16.1. The van der Waals surface area contributed by atoms with Gasteiger partial charge in [-0.2, -0.15) is 13.2 Å². The van der Waals surface area contributed by atoms with Crippen LogP contribution in [0.2, 0.25) is 5.02 Å². The van der Waals surface area contributed by atoms with Crippen LogP contribution in [0.4, 0.5) is 29.2 Å². The first kappa shape index (κ1) is 21.3. The Kier molecular flexibility index (Phi) is 6.59. The molecule has 0 unspecified atom stereocenters. The van der Waals surface area contributed by atoms with Crippen molar-refractivity contribution >= 4 is 28.9 Å². The molecule has 1 fully saturated rings. The highest BCUT2D eigenvalue weighted by atomic mass is 35.5. The molecule has 2 heterocycles. The molecule has 0 atom stereocenters. The number of benzene rings is 1. The first-order chi connectivity index (χ1) is 13.7. The van der Waals surface area contributed by atoms with Gasteiger partial charge >= 0.3 is 6.18 Å². The standard InChI is InChI=1S/C19H19ClF4N4O/c1-11(25-9-12-4-6-29-7-5-12)14-10-26-18(28-17(14)19(22,23)24)27-16-3-2-13(20)8-15(16)21/h2-3,8,10,12,25H,1,4-7,9H2,(H,26,27,28). The lowest BCUT2D eigenvalue weighted by Gasteiger charge is -2.23. The third-order valence-corrected chi connectivity index (χ3v) is 4.74. The molecule has 0 radical (unpaired) electrons. The number of hydrogen-bond acceptors (Lipinski definition) is 5. The predicted molar refractivity (Wildman–Crippen MR) is 102 cm³/mol. The van der Waals surface area contributed by atoms with Gasteiger partial charge in [0.15, 0.2) is 5.69 Å². The minimum absolute atomic E-state index is 0.0769. The number of alkyl halides is 3.